The van der Waals surface area contributed by atoms with E-state index in [1.165, 1.54) is 0 Å². The second kappa shape index (κ2) is 8.17. The van der Waals surface area contributed by atoms with Gasteiger partial charge in [-0.3, -0.25) is 0 Å². The number of carboxylic acids is 2. The first kappa shape index (κ1) is 19.7. The lowest BCUT2D eigenvalue weighted by Gasteiger charge is -2.29. The summed E-state index contributed by atoms with van der Waals surface area (Å²) in [5.74, 6) is -2.13. The monoisotopic (exact) mass is 389 g/mol. The van der Waals surface area contributed by atoms with Gasteiger partial charge in [0.05, 0.1) is 10.0 Å². The molecule has 1 saturated carbocycles. The molecule has 1 aliphatic carbocycles. The molecule has 3 rings (SSSR count). The highest BCUT2D eigenvalue weighted by Crippen LogP contribution is 2.49. The van der Waals surface area contributed by atoms with E-state index in [0.717, 1.165) is 18.7 Å². The number of fused-ring (bicyclic) bond motifs is 1. The van der Waals surface area contributed by atoms with Gasteiger partial charge in [-0.2, -0.15) is 0 Å². The average molecular weight is 390 g/mol. The molecule has 0 aromatic heterocycles. The SMILES string of the molecule is FC1C[C@@H]2CNC[C@]2(c2ccc(Cl)c(Cl)c2)C1.O=C(O)/C=C/C(=O)O. The van der Waals surface area contributed by atoms with Crippen LogP contribution < -0.4 is 5.32 Å². The minimum Gasteiger partial charge on any atom is -0.478 e. The van der Waals surface area contributed by atoms with Gasteiger partial charge < -0.3 is 15.5 Å². The van der Waals surface area contributed by atoms with Gasteiger partial charge in [0.25, 0.3) is 0 Å². The van der Waals surface area contributed by atoms with Crippen LogP contribution in [-0.4, -0.2) is 41.4 Å². The van der Waals surface area contributed by atoms with Crippen molar-refractivity contribution in [1.29, 1.82) is 0 Å². The normalized spacial score (nSPS) is 27.6. The fourth-order valence-electron chi connectivity index (χ4n) is 3.55. The van der Waals surface area contributed by atoms with Gasteiger partial charge in [0.15, 0.2) is 0 Å². The molecular formula is C17H18Cl2FNO4. The Morgan fingerprint density at radius 3 is 2.40 bits per heavy atom. The van der Waals surface area contributed by atoms with Crippen LogP contribution >= 0.6 is 23.2 Å². The fraction of sp³-hybridized carbons (Fsp3) is 0.412. The second-order valence-electron chi connectivity index (χ2n) is 6.16. The summed E-state index contributed by atoms with van der Waals surface area (Å²) in [6, 6.07) is 5.71. The molecule has 0 bridgehead atoms. The molecule has 1 saturated heterocycles. The molecule has 3 atom stereocenters. The van der Waals surface area contributed by atoms with Crippen LogP contribution in [0, 0.1) is 5.92 Å². The van der Waals surface area contributed by atoms with Gasteiger partial charge in [-0.25, -0.2) is 14.0 Å². The maximum atomic E-state index is 13.7. The van der Waals surface area contributed by atoms with Gasteiger partial charge >= 0.3 is 11.9 Å². The summed E-state index contributed by atoms with van der Waals surface area (Å²) >= 11 is 12.0. The van der Waals surface area contributed by atoms with Crippen molar-refractivity contribution in [2.24, 2.45) is 5.92 Å². The van der Waals surface area contributed by atoms with Crippen LogP contribution in [-0.2, 0) is 15.0 Å². The first-order chi connectivity index (χ1) is 11.7. The quantitative estimate of drug-likeness (QED) is 0.690. The maximum Gasteiger partial charge on any atom is 0.328 e. The van der Waals surface area contributed by atoms with Gasteiger partial charge in [-0.05, 0) is 43.0 Å². The Balaban J connectivity index is 0.000000242. The average Bonchev–Trinajstić information content (AvgIpc) is 3.05. The van der Waals surface area contributed by atoms with Crippen molar-refractivity contribution in [3.63, 3.8) is 0 Å². The molecule has 1 aromatic rings. The van der Waals surface area contributed by atoms with Crippen molar-refractivity contribution >= 4 is 35.1 Å². The molecule has 3 N–H and O–H groups in total. The van der Waals surface area contributed by atoms with Crippen LogP contribution in [0.25, 0.3) is 0 Å². The van der Waals surface area contributed by atoms with Gasteiger partial charge in [-0.15, -0.1) is 0 Å². The molecule has 1 aliphatic heterocycles. The predicted molar refractivity (Wildman–Crippen MR) is 93.0 cm³/mol. The van der Waals surface area contributed by atoms with Gasteiger partial charge in [-0.1, -0.05) is 29.3 Å². The number of carboxylic acid groups (broad SMARTS) is 2. The van der Waals surface area contributed by atoms with Gasteiger partial charge in [0, 0.05) is 24.1 Å². The largest absolute Gasteiger partial charge is 0.478 e. The molecular weight excluding hydrogens is 372 g/mol. The highest BCUT2D eigenvalue weighted by Gasteiger charge is 2.51. The van der Waals surface area contributed by atoms with Crippen molar-refractivity contribution in [3.05, 3.63) is 46.0 Å². The number of benzene rings is 1. The molecule has 25 heavy (non-hydrogen) atoms. The number of halogens is 3. The first-order valence-corrected chi connectivity index (χ1v) is 8.44. The highest BCUT2D eigenvalue weighted by molar-refractivity contribution is 6.42. The Bertz CT molecular complexity index is 681. The summed E-state index contributed by atoms with van der Waals surface area (Å²) in [4.78, 5) is 19.1. The third-order valence-electron chi connectivity index (χ3n) is 4.60. The third-order valence-corrected chi connectivity index (χ3v) is 5.34. The fourth-order valence-corrected chi connectivity index (χ4v) is 3.85. The van der Waals surface area contributed by atoms with Crippen molar-refractivity contribution in [3.8, 4) is 0 Å². The Hall–Kier alpha value is -1.63. The first-order valence-electron chi connectivity index (χ1n) is 7.69. The molecule has 1 aromatic carbocycles. The molecule has 0 radical (unpaired) electrons. The Morgan fingerprint density at radius 1 is 1.20 bits per heavy atom. The predicted octanol–water partition coefficient (Wildman–Crippen LogP) is 3.29. The van der Waals surface area contributed by atoms with Crippen LogP contribution in [0.5, 0.6) is 0 Å². The minimum atomic E-state index is -1.26. The van der Waals surface area contributed by atoms with Gasteiger partial charge in [0.1, 0.15) is 6.17 Å². The molecule has 2 fully saturated rings. The van der Waals surface area contributed by atoms with Crippen molar-refractivity contribution in [1.82, 2.24) is 5.32 Å². The standard InChI is InChI=1S/C13H14Cl2FN.C4H4O4/c14-11-2-1-8(4-12(11)15)13-5-10(16)3-9(13)6-17-7-13;5-3(6)1-2-4(7)8/h1-2,4,9-10,17H,3,5-7H2;1-2H,(H,5,6)(H,7,8)/b;2-1+/t9-,10?,13+;/m1./s1. The Morgan fingerprint density at radius 2 is 1.84 bits per heavy atom. The molecule has 8 heteroatoms. The van der Waals surface area contributed by atoms with E-state index in [2.05, 4.69) is 5.32 Å². The van der Waals surface area contributed by atoms with E-state index in [1.807, 2.05) is 18.2 Å². The number of aliphatic carboxylic acids is 2. The zero-order chi connectivity index (χ0) is 18.6. The van der Waals surface area contributed by atoms with Crippen LogP contribution in [0.4, 0.5) is 4.39 Å². The number of carbonyl (C=O) groups is 2. The lowest BCUT2D eigenvalue weighted by Crippen LogP contribution is -2.31. The minimum absolute atomic E-state index is 0.0757. The second-order valence-corrected chi connectivity index (χ2v) is 6.97. The van der Waals surface area contributed by atoms with Crippen LogP contribution in [0.15, 0.2) is 30.4 Å². The number of hydrogen-bond acceptors (Lipinski definition) is 3. The molecule has 1 heterocycles. The Labute approximate surface area is 154 Å². The summed E-state index contributed by atoms with van der Waals surface area (Å²) in [5, 5.41) is 20.1. The molecule has 0 spiro atoms. The number of nitrogens with one attached hydrogen (secondary N) is 1. The lowest BCUT2D eigenvalue weighted by atomic mass is 9.74. The summed E-state index contributed by atoms with van der Waals surface area (Å²) in [5.41, 5.74) is 1.05. The summed E-state index contributed by atoms with van der Waals surface area (Å²) in [6.07, 6.45) is 1.69. The lowest BCUT2D eigenvalue weighted by molar-refractivity contribution is -0.134. The van der Waals surface area contributed by atoms with Crippen molar-refractivity contribution < 1.29 is 24.2 Å². The van der Waals surface area contributed by atoms with E-state index in [-0.39, 0.29) is 5.41 Å². The smallest absolute Gasteiger partial charge is 0.328 e. The Kier molecular flexibility index (Phi) is 6.43. The zero-order valence-electron chi connectivity index (χ0n) is 13.2. The van der Waals surface area contributed by atoms with Crippen molar-refractivity contribution in [2.45, 2.75) is 24.4 Å². The van der Waals surface area contributed by atoms with E-state index >= 15 is 0 Å². The summed E-state index contributed by atoms with van der Waals surface area (Å²) in [7, 11) is 0. The summed E-state index contributed by atoms with van der Waals surface area (Å²) in [6.45, 7) is 1.75. The maximum absolute atomic E-state index is 13.7. The molecule has 2 aliphatic rings. The number of rotatable bonds is 3. The number of hydrogen-bond donors (Lipinski definition) is 3. The van der Waals surface area contributed by atoms with E-state index in [9.17, 15) is 14.0 Å². The van der Waals surface area contributed by atoms with Crippen LogP contribution in [0.2, 0.25) is 10.0 Å². The zero-order valence-corrected chi connectivity index (χ0v) is 14.7. The van der Waals surface area contributed by atoms with E-state index in [0.29, 0.717) is 41.0 Å². The molecule has 1 unspecified atom stereocenters. The van der Waals surface area contributed by atoms with E-state index in [1.54, 1.807) is 0 Å². The number of alkyl halides is 1. The molecule has 136 valence electrons. The van der Waals surface area contributed by atoms with Gasteiger partial charge in [0.2, 0.25) is 0 Å². The van der Waals surface area contributed by atoms with E-state index < -0.39 is 18.1 Å². The van der Waals surface area contributed by atoms with Crippen molar-refractivity contribution in [2.75, 3.05) is 13.1 Å². The highest BCUT2D eigenvalue weighted by atomic mass is 35.5. The van der Waals surface area contributed by atoms with Crippen LogP contribution in [0.1, 0.15) is 18.4 Å². The molecule has 0 amide bonds. The van der Waals surface area contributed by atoms with Crippen LogP contribution in [0.3, 0.4) is 0 Å². The topological polar surface area (TPSA) is 86.6 Å². The third kappa shape index (κ3) is 4.71. The summed E-state index contributed by atoms with van der Waals surface area (Å²) < 4.78 is 13.7. The molecule has 5 nitrogen and oxygen atoms in total. The van der Waals surface area contributed by atoms with E-state index in [4.69, 9.17) is 33.4 Å².